The number of benzene rings is 1. The monoisotopic (exact) mass is 342 g/mol. The van der Waals surface area contributed by atoms with Crippen molar-refractivity contribution in [2.24, 2.45) is 11.7 Å². The fourth-order valence-corrected chi connectivity index (χ4v) is 3.68. The Morgan fingerprint density at radius 2 is 2.32 bits per heavy atom. The fourth-order valence-electron chi connectivity index (χ4n) is 3.68. The zero-order chi connectivity index (χ0) is 18.1. The normalized spacial score (nSPS) is 19.2. The topological polar surface area (TPSA) is 82.8 Å². The summed E-state index contributed by atoms with van der Waals surface area (Å²) in [5.74, 6) is 1.33. The summed E-state index contributed by atoms with van der Waals surface area (Å²) in [7, 11) is 1.69. The van der Waals surface area contributed by atoms with Gasteiger partial charge in [-0.2, -0.15) is 0 Å². The van der Waals surface area contributed by atoms with Gasteiger partial charge in [0, 0.05) is 30.4 Å². The van der Waals surface area contributed by atoms with Crippen molar-refractivity contribution in [3.8, 4) is 5.75 Å². The van der Waals surface area contributed by atoms with E-state index in [0.717, 1.165) is 58.9 Å². The second-order valence-corrected chi connectivity index (χ2v) is 6.61. The van der Waals surface area contributed by atoms with Gasteiger partial charge in [0.2, 0.25) is 0 Å². The highest BCUT2D eigenvalue weighted by Crippen LogP contribution is 2.47. The minimum absolute atomic E-state index is 0.397. The summed E-state index contributed by atoms with van der Waals surface area (Å²) in [4.78, 5) is 2.35. The molecule has 1 saturated heterocycles. The summed E-state index contributed by atoms with van der Waals surface area (Å²) in [6.07, 6.45) is 2.88. The van der Waals surface area contributed by atoms with Crippen LogP contribution in [-0.4, -0.2) is 32.0 Å². The molecule has 0 saturated carbocycles. The molecule has 0 unspecified atom stereocenters. The van der Waals surface area contributed by atoms with Crippen LogP contribution in [0.2, 0.25) is 0 Å². The van der Waals surface area contributed by atoms with Gasteiger partial charge >= 0.3 is 0 Å². The molecule has 0 spiro atoms. The highest BCUT2D eigenvalue weighted by Gasteiger charge is 2.29. The number of ether oxygens (including phenoxy) is 1. The van der Waals surface area contributed by atoms with Crippen molar-refractivity contribution in [2.45, 2.75) is 13.3 Å². The second-order valence-electron chi connectivity index (χ2n) is 6.61. The second kappa shape index (κ2) is 6.82. The van der Waals surface area contributed by atoms with Crippen LogP contribution >= 0.6 is 0 Å². The third-order valence-electron chi connectivity index (χ3n) is 5.06. The first kappa shape index (κ1) is 17.4. The van der Waals surface area contributed by atoms with Crippen LogP contribution in [-0.2, 0) is 0 Å². The number of anilines is 2. The Morgan fingerprint density at radius 3 is 2.92 bits per heavy atom. The van der Waals surface area contributed by atoms with Crippen LogP contribution < -0.4 is 26.2 Å². The number of methoxy groups -OCH3 is 1. The Hall–Kier alpha value is -2.44. The lowest BCUT2D eigenvalue weighted by molar-refractivity contribution is 0.204. The minimum Gasteiger partial charge on any atom is -0.492 e. The highest BCUT2D eigenvalue weighted by molar-refractivity contribution is 5.96. The lowest BCUT2D eigenvalue weighted by atomic mass is 9.91. The molecule has 6 heteroatoms. The predicted molar refractivity (Wildman–Crippen MR) is 102 cm³/mol. The van der Waals surface area contributed by atoms with Crippen LogP contribution in [0.3, 0.4) is 0 Å². The number of hydroxylamine groups is 1. The van der Waals surface area contributed by atoms with E-state index >= 15 is 0 Å². The molecule has 1 aromatic carbocycles. The van der Waals surface area contributed by atoms with E-state index in [9.17, 15) is 0 Å². The van der Waals surface area contributed by atoms with Gasteiger partial charge in [-0.1, -0.05) is 13.2 Å². The molecule has 6 nitrogen and oxygen atoms in total. The molecule has 0 radical (unpaired) electrons. The summed E-state index contributed by atoms with van der Waals surface area (Å²) in [5.41, 5.74) is 13.9. The number of nitrogens with one attached hydrogen (secondary N) is 2. The van der Waals surface area contributed by atoms with Gasteiger partial charge in [-0.3, -0.25) is 10.7 Å². The van der Waals surface area contributed by atoms with Gasteiger partial charge in [-0.15, -0.1) is 0 Å². The van der Waals surface area contributed by atoms with Gasteiger partial charge < -0.3 is 20.7 Å². The van der Waals surface area contributed by atoms with Crippen molar-refractivity contribution < 1.29 is 9.94 Å². The third kappa shape index (κ3) is 2.88. The molecule has 134 valence electrons. The zero-order valence-corrected chi connectivity index (χ0v) is 14.9. The van der Waals surface area contributed by atoms with Crippen molar-refractivity contribution in [1.29, 1.82) is 0 Å². The van der Waals surface area contributed by atoms with Gasteiger partial charge in [-0.25, -0.2) is 0 Å². The molecule has 2 heterocycles. The molecular formula is C19H26N4O2. The quantitative estimate of drug-likeness (QED) is 0.616. The van der Waals surface area contributed by atoms with Crippen molar-refractivity contribution >= 4 is 16.9 Å². The van der Waals surface area contributed by atoms with Crippen LogP contribution in [0.5, 0.6) is 5.75 Å². The summed E-state index contributed by atoms with van der Waals surface area (Å²) < 4.78 is 5.78. The minimum atomic E-state index is 0.397. The highest BCUT2D eigenvalue weighted by atomic mass is 16.5. The molecule has 1 aromatic rings. The summed E-state index contributed by atoms with van der Waals surface area (Å²) >= 11 is 0. The molecule has 3 rings (SSSR count). The number of allylic oxidation sites excluding steroid dienone is 1. The molecule has 2 aliphatic rings. The van der Waals surface area contributed by atoms with E-state index in [1.54, 1.807) is 13.3 Å². The first-order valence-electron chi connectivity index (χ1n) is 8.44. The molecular weight excluding hydrogens is 316 g/mol. The molecule has 25 heavy (non-hydrogen) atoms. The Bertz CT molecular complexity index is 754. The van der Waals surface area contributed by atoms with E-state index < -0.39 is 0 Å². The van der Waals surface area contributed by atoms with E-state index in [-0.39, 0.29) is 0 Å². The van der Waals surface area contributed by atoms with Crippen molar-refractivity contribution in [2.75, 3.05) is 37.0 Å². The first-order valence-corrected chi connectivity index (χ1v) is 8.44. The maximum absolute atomic E-state index is 9.14. The number of aryl methyl sites for hydroxylation is 1. The number of fused-ring (bicyclic) bond motifs is 1. The average Bonchev–Trinajstić information content (AvgIpc) is 3.09. The molecule has 0 amide bonds. The van der Waals surface area contributed by atoms with Gasteiger partial charge in [-0.05, 0) is 43.0 Å². The van der Waals surface area contributed by atoms with Gasteiger partial charge in [0.1, 0.15) is 0 Å². The molecule has 0 aromatic heterocycles. The van der Waals surface area contributed by atoms with E-state index in [2.05, 4.69) is 41.8 Å². The standard InChI is InChI=1S/C19H26N4O2/c1-11-7-15-12(2)16(13(3)22-24)9-21-17(15)19(25-4)18(11)23-6-5-14(8-20)10-23/h7,9,14,21-22,24H,2-3,5-6,8,10,20H2,1,4H3/t14-/m0/s1. The predicted octanol–water partition coefficient (Wildman–Crippen LogP) is 2.60. The summed E-state index contributed by atoms with van der Waals surface area (Å²) in [6, 6.07) is 2.11. The Balaban J connectivity index is 2.05. The average molecular weight is 342 g/mol. The van der Waals surface area contributed by atoms with Crippen molar-refractivity contribution in [3.05, 3.63) is 47.8 Å². The molecule has 0 bridgehead atoms. The van der Waals surface area contributed by atoms with Crippen LogP contribution in [0.1, 0.15) is 17.5 Å². The SMILES string of the molecule is C=C(NO)C1=CNc2c(cc(C)c(N3CC[C@@H](CN)C3)c2OC)C1=C. The van der Waals surface area contributed by atoms with Gasteiger partial charge in [0.15, 0.2) is 5.75 Å². The van der Waals surface area contributed by atoms with Crippen LogP contribution in [0.15, 0.2) is 36.7 Å². The Morgan fingerprint density at radius 1 is 1.56 bits per heavy atom. The zero-order valence-electron chi connectivity index (χ0n) is 14.9. The first-order chi connectivity index (χ1) is 12.0. The summed E-state index contributed by atoms with van der Waals surface area (Å²) in [6.45, 7) is 12.7. The number of nitrogens with zero attached hydrogens (tertiary/aromatic N) is 1. The van der Waals surface area contributed by atoms with Crippen LogP contribution in [0.4, 0.5) is 11.4 Å². The molecule has 2 aliphatic heterocycles. The van der Waals surface area contributed by atoms with Crippen molar-refractivity contribution in [3.63, 3.8) is 0 Å². The molecule has 1 fully saturated rings. The lowest BCUT2D eigenvalue weighted by Crippen LogP contribution is -2.24. The molecule has 0 aliphatic carbocycles. The number of hydrogen-bond donors (Lipinski definition) is 4. The Kier molecular flexibility index (Phi) is 4.74. The maximum atomic E-state index is 9.14. The van der Waals surface area contributed by atoms with E-state index in [1.807, 2.05) is 0 Å². The van der Waals surface area contributed by atoms with E-state index in [0.29, 0.717) is 18.2 Å². The smallest absolute Gasteiger partial charge is 0.166 e. The number of hydrogen-bond acceptors (Lipinski definition) is 6. The van der Waals surface area contributed by atoms with Gasteiger partial charge in [0.25, 0.3) is 0 Å². The van der Waals surface area contributed by atoms with Crippen LogP contribution in [0, 0.1) is 12.8 Å². The third-order valence-corrected chi connectivity index (χ3v) is 5.06. The van der Waals surface area contributed by atoms with E-state index in [1.165, 1.54) is 0 Å². The lowest BCUT2D eigenvalue weighted by Gasteiger charge is -2.30. The number of nitrogens with two attached hydrogens (primary N) is 1. The molecule has 5 N–H and O–H groups in total. The summed E-state index contributed by atoms with van der Waals surface area (Å²) in [5, 5.41) is 12.4. The maximum Gasteiger partial charge on any atom is 0.166 e. The van der Waals surface area contributed by atoms with E-state index in [4.69, 9.17) is 15.7 Å². The Labute approximate surface area is 148 Å². The number of rotatable bonds is 5. The fraction of sp³-hybridized carbons (Fsp3) is 0.368. The largest absolute Gasteiger partial charge is 0.492 e. The molecule has 1 atom stereocenters. The van der Waals surface area contributed by atoms with Crippen LogP contribution in [0.25, 0.3) is 5.57 Å². The van der Waals surface area contributed by atoms with Crippen molar-refractivity contribution in [1.82, 2.24) is 5.48 Å². The van der Waals surface area contributed by atoms with Gasteiger partial charge in [0.05, 0.1) is 24.2 Å².